The molecule has 1 atom stereocenters. The predicted octanol–water partition coefficient (Wildman–Crippen LogP) is 4.18. The number of hydrogen-bond acceptors (Lipinski definition) is 4. The topological polar surface area (TPSA) is 65.8 Å². The molecule has 25 heavy (non-hydrogen) atoms. The van der Waals surface area contributed by atoms with Crippen molar-refractivity contribution in [1.82, 2.24) is 4.98 Å². The number of aromatic nitrogens is 1. The number of pyridine rings is 1. The molecular formula is C20H21N3OS. The number of benzene rings is 1. The summed E-state index contributed by atoms with van der Waals surface area (Å²) in [6, 6.07) is 10.1. The number of para-hydroxylation sites is 1. The molecule has 5 heteroatoms. The van der Waals surface area contributed by atoms with E-state index in [0.29, 0.717) is 10.6 Å². The highest BCUT2D eigenvalue weighted by Crippen LogP contribution is 2.31. The first-order valence-electron chi connectivity index (χ1n) is 8.46. The van der Waals surface area contributed by atoms with E-state index in [2.05, 4.69) is 16.4 Å². The van der Waals surface area contributed by atoms with Gasteiger partial charge in [-0.25, -0.2) is 4.98 Å². The summed E-state index contributed by atoms with van der Waals surface area (Å²) in [6.07, 6.45) is 3.03. The van der Waals surface area contributed by atoms with Gasteiger partial charge in [0.25, 0.3) is 0 Å². The molecule has 0 saturated carbocycles. The monoisotopic (exact) mass is 351 g/mol. The van der Waals surface area contributed by atoms with Crippen LogP contribution in [-0.4, -0.2) is 16.1 Å². The van der Waals surface area contributed by atoms with Crippen LogP contribution in [0.1, 0.15) is 41.3 Å². The lowest BCUT2D eigenvalue weighted by atomic mass is 10.1. The van der Waals surface area contributed by atoms with Crippen molar-refractivity contribution < 1.29 is 4.79 Å². The number of anilines is 1. The van der Waals surface area contributed by atoms with Crippen molar-refractivity contribution >= 4 is 23.4 Å². The Bertz CT molecular complexity index is 850. The fraction of sp³-hybridized carbons (Fsp3) is 0.350. The number of amides is 1. The van der Waals surface area contributed by atoms with Crippen LogP contribution in [0.25, 0.3) is 0 Å². The van der Waals surface area contributed by atoms with Crippen LogP contribution in [0.3, 0.4) is 0 Å². The second-order valence-electron chi connectivity index (χ2n) is 6.43. The number of rotatable bonds is 4. The maximum absolute atomic E-state index is 12.6. The summed E-state index contributed by atoms with van der Waals surface area (Å²) in [6.45, 7) is 5.82. The van der Waals surface area contributed by atoms with Crippen LogP contribution in [0, 0.1) is 25.2 Å². The Morgan fingerprint density at radius 3 is 2.72 bits per heavy atom. The number of nitrogens with one attached hydrogen (secondary N) is 1. The molecule has 128 valence electrons. The van der Waals surface area contributed by atoms with Crippen LogP contribution in [0.15, 0.2) is 29.3 Å². The first kappa shape index (κ1) is 17.5. The minimum Gasteiger partial charge on any atom is -0.325 e. The fourth-order valence-corrected chi connectivity index (χ4v) is 3.98. The summed E-state index contributed by atoms with van der Waals surface area (Å²) in [5.74, 6) is -0.0754. The van der Waals surface area contributed by atoms with E-state index in [9.17, 15) is 10.1 Å². The number of nitrogens with zero attached hydrogens (tertiary/aromatic N) is 2. The molecular weight excluding hydrogens is 330 g/mol. The molecule has 1 aromatic carbocycles. The van der Waals surface area contributed by atoms with Gasteiger partial charge >= 0.3 is 0 Å². The van der Waals surface area contributed by atoms with E-state index in [4.69, 9.17) is 0 Å². The highest BCUT2D eigenvalue weighted by atomic mass is 32.2. The number of fused-ring (bicyclic) bond motifs is 1. The van der Waals surface area contributed by atoms with E-state index in [0.717, 1.165) is 41.8 Å². The van der Waals surface area contributed by atoms with Gasteiger partial charge in [0.1, 0.15) is 11.1 Å². The Kier molecular flexibility index (Phi) is 5.10. The van der Waals surface area contributed by atoms with Crippen molar-refractivity contribution in [2.45, 2.75) is 50.3 Å². The molecule has 1 aliphatic rings. The van der Waals surface area contributed by atoms with Crippen LogP contribution in [0.5, 0.6) is 0 Å². The van der Waals surface area contributed by atoms with Crippen molar-refractivity contribution in [2.24, 2.45) is 0 Å². The van der Waals surface area contributed by atoms with E-state index in [1.54, 1.807) is 0 Å². The van der Waals surface area contributed by atoms with Gasteiger partial charge in [0.2, 0.25) is 5.91 Å². The van der Waals surface area contributed by atoms with E-state index in [1.807, 2.05) is 45.0 Å². The zero-order valence-electron chi connectivity index (χ0n) is 14.7. The lowest BCUT2D eigenvalue weighted by Crippen LogP contribution is -2.23. The highest BCUT2D eigenvalue weighted by Gasteiger charge is 2.21. The van der Waals surface area contributed by atoms with Gasteiger partial charge < -0.3 is 5.32 Å². The van der Waals surface area contributed by atoms with Gasteiger partial charge in [0.15, 0.2) is 0 Å². The molecule has 3 rings (SSSR count). The second-order valence-corrected chi connectivity index (χ2v) is 7.76. The molecule has 0 spiro atoms. The third-order valence-corrected chi connectivity index (χ3v) is 5.63. The third kappa shape index (κ3) is 3.69. The number of aryl methyl sites for hydroxylation is 4. The second kappa shape index (κ2) is 7.28. The van der Waals surface area contributed by atoms with E-state index in [-0.39, 0.29) is 11.2 Å². The van der Waals surface area contributed by atoms with Crippen molar-refractivity contribution in [1.29, 1.82) is 5.26 Å². The van der Waals surface area contributed by atoms with Gasteiger partial charge in [-0.1, -0.05) is 30.0 Å². The summed E-state index contributed by atoms with van der Waals surface area (Å²) in [4.78, 5) is 17.3. The van der Waals surface area contributed by atoms with Crippen molar-refractivity contribution in [3.8, 4) is 6.07 Å². The zero-order valence-corrected chi connectivity index (χ0v) is 15.5. The molecule has 0 aliphatic heterocycles. The lowest BCUT2D eigenvalue weighted by Gasteiger charge is -2.16. The molecule has 2 aromatic rings. The summed E-state index contributed by atoms with van der Waals surface area (Å²) < 4.78 is 0. The molecule has 0 fully saturated rings. The first-order valence-corrected chi connectivity index (χ1v) is 9.34. The molecule has 0 radical (unpaired) electrons. The summed E-state index contributed by atoms with van der Waals surface area (Å²) in [5.41, 5.74) is 5.76. The molecule has 1 unspecified atom stereocenters. The highest BCUT2D eigenvalue weighted by molar-refractivity contribution is 8.00. The van der Waals surface area contributed by atoms with Gasteiger partial charge in [0, 0.05) is 11.4 Å². The van der Waals surface area contributed by atoms with E-state index < -0.39 is 0 Å². The lowest BCUT2D eigenvalue weighted by molar-refractivity contribution is -0.115. The summed E-state index contributed by atoms with van der Waals surface area (Å²) in [5, 5.41) is 12.7. The Balaban J connectivity index is 1.77. The van der Waals surface area contributed by atoms with E-state index >= 15 is 0 Å². The maximum Gasteiger partial charge on any atom is 0.237 e. The Morgan fingerprint density at radius 2 is 2.04 bits per heavy atom. The van der Waals surface area contributed by atoms with Crippen molar-refractivity contribution in [3.63, 3.8) is 0 Å². The fourth-order valence-electron chi connectivity index (χ4n) is 3.08. The Labute approximate surface area is 152 Å². The van der Waals surface area contributed by atoms with Crippen LogP contribution in [0.2, 0.25) is 0 Å². The number of nitriles is 1. The van der Waals surface area contributed by atoms with Crippen LogP contribution >= 0.6 is 11.8 Å². The number of carbonyl (C=O) groups is 1. The normalized spacial score (nSPS) is 13.8. The maximum atomic E-state index is 12.6. The van der Waals surface area contributed by atoms with Crippen molar-refractivity contribution in [2.75, 3.05) is 5.32 Å². The smallest absolute Gasteiger partial charge is 0.237 e. The molecule has 1 aromatic heterocycles. The van der Waals surface area contributed by atoms with Crippen LogP contribution < -0.4 is 5.32 Å². The predicted molar refractivity (Wildman–Crippen MR) is 101 cm³/mol. The van der Waals surface area contributed by atoms with Gasteiger partial charge in [-0.15, -0.1) is 0 Å². The van der Waals surface area contributed by atoms with Crippen LogP contribution in [-0.2, 0) is 17.6 Å². The minimum absolute atomic E-state index is 0.0754. The molecule has 1 heterocycles. The minimum atomic E-state index is -0.335. The van der Waals surface area contributed by atoms with Gasteiger partial charge in [-0.3, -0.25) is 4.79 Å². The SMILES string of the molecule is Cc1cccc(C)c1NC(=O)C(C)Sc1nc2c(cc1C#N)CCC2. The number of carbonyl (C=O) groups excluding carboxylic acids is 1. The molecule has 1 aliphatic carbocycles. The molecule has 4 nitrogen and oxygen atoms in total. The third-order valence-electron chi connectivity index (χ3n) is 4.52. The summed E-state index contributed by atoms with van der Waals surface area (Å²) in [7, 11) is 0. The Hall–Kier alpha value is -2.32. The standard InChI is InChI=1S/C20H21N3OS/c1-12-6-4-7-13(2)18(12)23-19(24)14(3)25-20-16(11-21)10-15-8-5-9-17(15)22-20/h4,6-7,10,14H,5,8-9H2,1-3H3,(H,23,24). The molecule has 1 amide bonds. The van der Waals surface area contributed by atoms with E-state index in [1.165, 1.54) is 17.3 Å². The van der Waals surface area contributed by atoms with Crippen LogP contribution in [0.4, 0.5) is 5.69 Å². The molecule has 1 N–H and O–H groups in total. The van der Waals surface area contributed by atoms with Gasteiger partial charge in [-0.05, 0) is 62.8 Å². The number of hydrogen-bond donors (Lipinski definition) is 1. The van der Waals surface area contributed by atoms with Crippen molar-refractivity contribution in [3.05, 3.63) is 52.2 Å². The molecule has 0 saturated heterocycles. The largest absolute Gasteiger partial charge is 0.325 e. The van der Waals surface area contributed by atoms with Gasteiger partial charge in [-0.2, -0.15) is 5.26 Å². The zero-order chi connectivity index (χ0) is 18.0. The molecule has 0 bridgehead atoms. The quantitative estimate of drug-likeness (QED) is 0.839. The average Bonchev–Trinajstić information content (AvgIpc) is 3.04. The van der Waals surface area contributed by atoms with Gasteiger partial charge in [0.05, 0.1) is 10.8 Å². The summed E-state index contributed by atoms with van der Waals surface area (Å²) >= 11 is 1.35. The average molecular weight is 351 g/mol. The first-order chi connectivity index (χ1) is 12.0. The number of thioether (sulfide) groups is 1. The Morgan fingerprint density at radius 1 is 1.32 bits per heavy atom.